The van der Waals surface area contributed by atoms with Crippen LogP contribution < -0.4 is 0 Å². The minimum atomic E-state index is -0.856. The fourth-order valence-electron chi connectivity index (χ4n) is 3.88. The maximum absolute atomic E-state index is 13.8. The van der Waals surface area contributed by atoms with Gasteiger partial charge in [0.15, 0.2) is 11.6 Å². The molecule has 6 heteroatoms. The van der Waals surface area contributed by atoms with Gasteiger partial charge in [-0.05, 0) is 35.4 Å². The number of halogens is 2. The molecule has 4 rings (SSSR count). The quantitative estimate of drug-likeness (QED) is 0.541. The van der Waals surface area contributed by atoms with Crippen molar-refractivity contribution in [3.05, 3.63) is 101 Å². The zero-order chi connectivity index (χ0) is 21.5. The fourth-order valence-corrected chi connectivity index (χ4v) is 3.88. The highest BCUT2D eigenvalue weighted by molar-refractivity contribution is 5.30. The van der Waals surface area contributed by atoms with Crippen molar-refractivity contribution >= 4 is 0 Å². The molecule has 0 saturated carbocycles. The van der Waals surface area contributed by atoms with Gasteiger partial charge in [-0.15, -0.1) is 0 Å². The van der Waals surface area contributed by atoms with Crippen LogP contribution in [-0.2, 0) is 11.3 Å². The van der Waals surface area contributed by atoms with Gasteiger partial charge in [0.1, 0.15) is 6.10 Å². The molecule has 0 amide bonds. The lowest BCUT2D eigenvalue weighted by Gasteiger charge is -2.34. The van der Waals surface area contributed by atoms with Gasteiger partial charge in [0, 0.05) is 45.5 Å². The van der Waals surface area contributed by atoms with Gasteiger partial charge in [0.25, 0.3) is 0 Å². The molecule has 4 nitrogen and oxygen atoms in total. The number of rotatable bonds is 8. The molecule has 2 heterocycles. The molecule has 1 aliphatic heterocycles. The van der Waals surface area contributed by atoms with E-state index in [2.05, 4.69) is 20.9 Å². The second kappa shape index (κ2) is 10.6. The lowest BCUT2D eigenvalue weighted by atomic mass is 10.0. The van der Waals surface area contributed by atoms with E-state index in [4.69, 9.17) is 4.74 Å². The van der Waals surface area contributed by atoms with Gasteiger partial charge in [-0.3, -0.25) is 14.8 Å². The summed E-state index contributed by atoms with van der Waals surface area (Å²) in [4.78, 5) is 9.19. The summed E-state index contributed by atoms with van der Waals surface area (Å²) in [6.45, 7) is 6.10. The third-order valence-corrected chi connectivity index (χ3v) is 5.62. The Labute approximate surface area is 182 Å². The summed E-state index contributed by atoms with van der Waals surface area (Å²) < 4.78 is 33.4. The van der Waals surface area contributed by atoms with Crippen LogP contribution in [0.3, 0.4) is 0 Å². The Morgan fingerprint density at radius 3 is 2.26 bits per heavy atom. The Morgan fingerprint density at radius 2 is 1.55 bits per heavy atom. The van der Waals surface area contributed by atoms with Crippen LogP contribution in [0.2, 0.25) is 0 Å². The van der Waals surface area contributed by atoms with Crippen molar-refractivity contribution < 1.29 is 13.5 Å². The highest BCUT2D eigenvalue weighted by atomic mass is 19.2. The third kappa shape index (κ3) is 5.94. The summed E-state index contributed by atoms with van der Waals surface area (Å²) in [5, 5.41) is 0. The summed E-state index contributed by atoms with van der Waals surface area (Å²) in [6.07, 6.45) is 1.40. The molecule has 0 spiro atoms. The Balaban J connectivity index is 1.31. The van der Waals surface area contributed by atoms with E-state index in [1.807, 2.05) is 48.7 Å². The van der Waals surface area contributed by atoms with Gasteiger partial charge in [0.05, 0.1) is 12.3 Å². The molecule has 0 bridgehead atoms. The third-order valence-electron chi connectivity index (χ3n) is 5.62. The molecule has 162 valence electrons. The highest BCUT2D eigenvalue weighted by Crippen LogP contribution is 2.27. The summed E-state index contributed by atoms with van der Waals surface area (Å²) in [5.41, 5.74) is 2.63. The molecule has 0 radical (unpaired) electrons. The number of hydrogen-bond acceptors (Lipinski definition) is 4. The zero-order valence-corrected chi connectivity index (χ0v) is 17.5. The van der Waals surface area contributed by atoms with Crippen LogP contribution in [0.5, 0.6) is 0 Å². The SMILES string of the molecule is Fc1ccc([C@H](OCCN2CCN(Cc3ccccn3)CC2)c2ccccc2)cc1F. The van der Waals surface area contributed by atoms with E-state index >= 15 is 0 Å². The summed E-state index contributed by atoms with van der Waals surface area (Å²) in [6, 6.07) is 19.7. The first-order valence-corrected chi connectivity index (χ1v) is 10.6. The Bertz CT molecular complexity index is 947. The fraction of sp³-hybridized carbons (Fsp3) is 0.320. The van der Waals surface area contributed by atoms with Crippen LogP contribution >= 0.6 is 0 Å². The number of pyridine rings is 1. The van der Waals surface area contributed by atoms with Crippen molar-refractivity contribution in [1.82, 2.24) is 14.8 Å². The van der Waals surface area contributed by atoms with E-state index in [1.165, 1.54) is 6.07 Å². The molecule has 1 fully saturated rings. The van der Waals surface area contributed by atoms with Crippen molar-refractivity contribution in [3.8, 4) is 0 Å². The number of ether oxygens (including phenoxy) is 1. The van der Waals surface area contributed by atoms with E-state index in [9.17, 15) is 8.78 Å². The normalized spacial score (nSPS) is 16.3. The number of aromatic nitrogens is 1. The molecule has 0 N–H and O–H groups in total. The van der Waals surface area contributed by atoms with E-state index in [0.717, 1.165) is 56.6 Å². The van der Waals surface area contributed by atoms with Crippen molar-refractivity contribution in [3.63, 3.8) is 0 Å². The molecular formula is C25H27F2N3O. The van der Waals surface area contributed by atoms with Gasteiger partial charge < -0.3 is 4.74 Å². The lowest BCUT2D eigenvalue weighted by Crippen LogP contribution is -2.46. The maximum atomic E-state index is 13.8. The second-order valence-corrected chi connectivity index (χ2v) is 7.77. The van der Waals surface area contributed by atoms with Gasteiger partial charge >= 0.3 is 0 Å². The molecule has 3 aromatic rings. The maximum Gasteiger partial charge on any atom is 0.159 e. The topological polar surface area (TPSA) is 28.6 Å². The standard InChI is InChI=1S/C25H27F2N3O/c26-23-10-9-21(18-24(23)27)25(20-6-2-1-3-7-20)31-17-16-29-12-14-30(15-13-29)19-22-8-4-5-11-28-22/h1-11,18,25H,12-17,19H2/t25-/m1/s1. The number of benzene rings is 2. The van der Waals surface area contributed by atoms with Crippen LogP contribution in [-0.4, -0.2) is 54.1 Å². The molecule has 1 aromatic heterocycles. The van der Waals surface area contributed by atoms with Crippen molar-refractivity contribution in [1.29, 1.82) is 0 Å². The predicted molar refractivity (Wildman–Crippen MR) is 117 cm³/mol. The van der Waals surface area contributed by atoms with Gasteiger partial charge in [0.2, 0.25) is 0 Å². The van der Waals surface area contributed by atoms with Crippen LogP contribution in [0.4, 0.5) is 8.78 Å². The smallest absolute Gasteiger partial charge is 0.159 e. The molecule has 0 aliphatic carbocycles. The second-order valence-electron chi connectivity index (χ2n) is 7.77. The lowest BCUT2D eigenvalue weighted by molar-refractivity contribution is 0.0439. The van der Waals surface area contributed by atoms with E-state index in [1.54, 1.807) is 6.07 Å². The molecule has 2 aromatic carbocycles. The molecule has 1 atom stereocenters. The number of hydrogen-bond donors (Lipinski definition) is 0. The van der Waals surface area contributed by atoms with Crippen molar-refractivity contribution in [2.75, 3.05) is 39.3 Å². The molecule has 1 saturated heterocycles. The van der Waals surface area contributed by atoms with Crippen LogP contribution in [0, 0.1) is 11.6 Å². The summed E-state index contributed by atoms with van der Waals surface area (Å²) in [7, 11) is 0. The minimum absolute atomic E-state index is 0.429. The van der Waals surface area contributed by atoms with Crippen LogP contribution in [0.1, 0.15) is 22.9 Å². The van der Waals surface area contributed by atoms with Gasteiger partial charge in [-0.1, -0.05) is 42.5 Å². The summed E-state index contributed by atoms with van der Waals surface area (Å²) >= 11 is 0. The highest BCUT2D eigenvalue weighted by Gasteiger charge is 2.20. The first kappa shape index (κ1) is 21.6. The number of piperazine rings is 1. The molecule has 1 aliphatic rings. The van der Waals surface area contributed by atoms with Crippen molar-refractivity contribution in [2.24, 2.45) is 0 Å². The van der Waals surface area contributed by atoms with Gasteiger partial charge in [-0.2, -0.15) is 0 Å². The first-order chi connectivity index (χ1) is 15.2. The van der Waals surface area contributed by atoms with Crippen LogP contribution in [0.15, 0.2) is 72.9 Å². The van der Waals surface area contributed by atoms with E-state index in [-0.39, 0.29) is 0 Å². The minimum Gasteiger partial charge on any atom is -0.367 e. The Kier molecular flexibility index (Phi) is 7.35. The monoisotopic (exact) mass is 423 g/mol. The Hall–Kier alpha value is -2.67. The van der Waals surface area contributed by atoms with Crippen LogP contribution in [0.25, 0.3) is 0 Å². The van der Waals surface area contributed by atoms with Crippen molar-refractivity contribution in [2.45, 2.75) is 12.6 Å². The van der Waals surface area contributed by atoms with E-state index < -0.39 is 17.7 Å². The summed E-state index contributed by atoms with van der Waals surface area (Å²) in [5.74, 6) is -1.70. The Morgan fingerprint density at radius 1 is 0.806 bits per heavy atom. The first-order valence-electron chi connectivity index (χ1n) is 10.6. The number of nitrogens with zero attached hydrogens (tertiary/aromatic N) is 3. The van der Waals surface area contributed by atoms with Gasteiger partial charge in [-0.25, -0.2) is 8.78 Å². The molecule has 0 unspecified atom stereocenters. The predicted octanol–water partition coefficient (Wildman–Crippen LogP) is 4.28. The molecular weight excluding hydrogens is 396 g/mol. The molecule has 31 heavy (non-hydrogen) atoms. The zero-order valence-electron chi connectivity index (χ0n) is 17.5. The van der Waals surface area contributed by atoms with E-state index in [0.29, 0.717) is 12.2 Å². The largest absolute Gasteiger partial charge is 0.367 e. The average Bonchev–Trinajstić information content (AvgIpc) is 2.81. The average molecular weight is 424 g/mol.